The van der Waals surface area contributed by atoms with Gasteiger partial charge in [-0.3, -0.25) is 4.99 Å². The van der Waals surface area contributed by atoms with Crippen molar-refractivity contribution in [3.63, 3.8) is 0 Å². The minimum Gasteiger partial charge on any atom is -0.354 e. The Morgan fingerprint density at radius 3 is 2.71 bits per heavy atom. The van der Waals surface area contributed by atoms with E-state index in [0.29, 0.717) is 6.04 Å². The third-order valence-electron chi connectivity index (χ3n) is 3.76. The van der Waals surface area contributed by atoms with Gasteiger partial charge in [0.2, 0.25) is 0 Å². The summed E-state index contributed by atoms with van der Waals surface area (Å²) in [4.78, 5) is 10.1. The van der Waals surface area contributed by atoms with Crippen LogP contribution in [0.1, 0.15) is 34.8 Å². The van der Waals surface area contributed by atoms with Gasteiger partial charge in [-0.25, -0.2) is 4.98 Å². The van der Waals surface area contributed by atoms with E-state index >= 15 is 0 Å². The van der Waals surface area contributed by atoms with Gasteiger partial charge in [-0.1, -0.05) is 0 Å². The van der Waals surface area contributed by atoms with Crippen molar-refractivity contribution in [3.05, 3.63) is 15.6 Å². The highest BCUT2D eigenvalue weighted by molar-refractivity contribution is 14.0. The van der Waals surface area contributed by atoms with Crippen LogP contribution in [0.4, 0.5) is 0 Å². The molecule has 1 aliphatic carbocycles. The van der Waals surface area contributed by atoms with E-state index in [9.17, 15) is 0 Å². The van der Waals surface area contributed by atoms with Crippen molar-refractivity contribution >= 4 is 53.0 Å². The van der Waals surface area contributed by atoms with Crippen LogP contribution >= 0.6 is 47.1 Å². The molecule has 0 radical (unpaired) electrons. The van der Waals surface area contributed by atoms with Gasteiger partial charge in [0.15, 0.2) is 5.96 Å². The third-order valence-corrected chi connectivity index (χ3v) is 5.93. The molecule has 1 saturated carbocycles. The molecule has 0 aromatic carbocycles. The summed E-state index contributed by atoms with van der Waals surface area (Å²) in [5.41, 5.74) is 1.13. The number of hydrogen-bond acceptors (Lipinski definition) is 4. The molecule has 1 fully saturated rings. The lowest BCUT2D eigenvalue weighted by atomic mass is 10.2. The molecule has 0 aliphatic heterocycles. The van der Waals surface area contributed by atoms with Crippen molar-refractivity contribution in [2.45, 2.75) is 50.9 Å². The molecule has 7 heteroatoms. The molecule has 120 valence electrons. The Kier molecular flexibility index (Phi) is 8.33. The van der Waals surface area contributed by atoms with E-state index in [1.54, 1.807) is 11.3 Å². The lowest BCUT2D eigenvalue weighted by molar-refractivity contribution is 0.614. The van der Waals surface area contributed by atoms with Gasteiger partial charge in [-0.2, -0.15) is 11.8 Å². The first-order chi connectivity index (χ1) is 9.62. The molecule has 0 saturated heterocycles. The number of aromatic nitrogens is 1. The van der Waals surface area contributed by atoms with Gasteiger partial charge in [0, 0.05) is 23.2 Å². The summed E-state index contributed by atoms with van der Waals surface area (Å²) in [6.07, 6.45) is 5.98. The van der Waals surface area contributed by atoms with Crippen LogP contribution in [0.3, 0.4) is 0 Å². The van der Waals surface area contributed by atoms with Crippen molar-refractivity contribution in [1.29, 1.82) is 0 Å². The minimum atomic E-state index is 0. The maximum absolute atomic E-state index is 4.54. The van der Waals surface area contributed by atoms with Crippen LogP contribution in [0.2, 0.25) is 0 Å². The molecule has 0 spiro atoms. The average molecular weight is 440 g/mol. The van der Waals surface area contributed by atoms with Crippen LogP contribution in [0.5, 0.6) is 0 Å². The fourth-order valence-corrected chi connectivity index (χ4v) is 4.12. The molecular weight excluding hydrogens is 415 g/mol. The quantitative estimate of drug-likeness (QED) is 0.429. The molecule has 2 atom stereocenters. The van der Waals surface area contributed by atoms with Crippen LogP contribution in [-0.4, -0.2) is 35.5 Å². The van der Waals surface area contributed by atoms with Crippen LogP contribution in [0, 0.1) is 13.8 Å². The number of guanidine groups is 1. The van der Waals surface area contributed by atoms with Crippen LogP contribution in [0.15, 0.2) is 4.99 Å². The third kappa shape index (κ3) is 5.59. The van der Waals surface area contributed by atoms with Gasteiger partial charge in [-0.05, 0) is 39.4 Å². The molecule has 2 rings (SSSR count). The molecule has 1 aliphatic rings. The number of nitrogens with zero attached hydrogens (tertiary/aromatic N) is 2. The molecule has 2 unspecified atom stereocenters. The Morgan fingerprint density at radius 1 is 1.43 bits per heavy atom. The molecular formula is C14H25IN4S2. The molecule has 2 N–H and O–H groups in total. The van der Waals surface area contributed by atoms with Crippen LogP contribution in [0.25, 0.3) is 0 Å². The maximum Gasteiger partial charge on any atom is 0.191 e. The number of thioether (sulfide) groups is 1. The Bertz CT molecular complexity index is 456. The first kappa shape index (κ1) is 19.0. The predicted octanol–water partition coefficient (Wildman–Crippen LogP) is 3.33. The number of hydrogen-bond donors (Lipinski definition) is 2. The highest BCUT2D eigenvalue weighted by Crippen LogP contribution is 2.28. The molecule has 0 amide bonds. The monoisotopic (exact) mass is 440 g/mol. The SMILES string of the molecule is CN=C(NCc1nc(C)c(C)s1)NC1CCC(SC)C1.I. The molecule has 1 heterocycles. The maximum atomic E-state index is 4.54. The van der Waals surface area contributed by atoms with E-state index in [-0.39, 0.29) is 24.0 Å². The average Bonchev–Trinajstić information content (AvgIpc) is 3.02. The highest BCUT2D eigenvalue weighted by Gasteiger charge is 2.24. The van der Waals surface area contributed by atoms with Gasteiger partial charge in [0.05, 0.1) is 12.2 Å². The smallest absolute Gasteiger partial charge is 0.191 e. The summed E-state index contributed by atoms with van der Waals surface area (Å²) in [5.74, 6) is 0.891. The van der Waals surface area contributed by atoms with E-state index in [1.165, 1.54) is 24.1 Å². The predicted molar refractivity (Wildman–Crippen MR) is 105 cm³/mol. The van der Waals surface area contributed by atoms with Crippen LogP contribution in [-0.2, 0) is 6.54 Å². The molecule has 1 aromatic heterocycles. The Morgan fingerprint density at radius 2 is 2.19 bits per heavy atom. The summed E-state index contributed by atoms with van der Waals surface area (Å²) < 4.78 is 0. The minimum absolute atomic E-state index is 0. The van der Waals surface area contributed by atoms with Crippen molar-refractivity contribution in [3.8, 4) is 0 Å². The van der Waals surface area contributed by atoms with E-state index in [4.69, 9.17) is 0 Å². The van der Waals surface area contributed by atoms with Gasteiger partial charge < -0.3 is 10.6 Å². The topological polar surface area (TPSA) is 49.3 Å². The normalized spacial score (nSPS) is 22.0. The van der Waals surface area contributed by atoms with Gasteiger partial charge in [0.1, 0.15) is 5.01 Å². The zero-order chi connectivity index (χ0) is 14.5. The lowest BCUT2D eigenvalue weighted by Crippen LogP contribution is -2.42. The number of aryl methyl sites for hydroxylation is 2. The summed E-state index contributed by atoms with van der Waals surface area (Å²) in [6, 6.07) is 0.554. The van der Waals surface area contributed by atoms with E-state index in [1.807, 2.05) is 18.8 Å². The van der Waals surface area contributed by atoms with Crippen molar-refractivity contribution < 1.29 is 0 Å². The standard InChI is InChI=1S/C14H24N4S2.HI/c1-9-10(2)20-13(17-9)8-16-14(15-3)18-11-5-6-12(7-11)19-4;/h11-12H,5-8H2,1-4H3,(H2,15,16,18);1H. The largest absolute Gasteiger partial charge is 0.354 e. The van der Waals surface area contributed by atoms with Gasteiger partial charge >= 0.3 is 0 Å². The zero-order valence-corrected chi connectivity index (χ0v) is 17.1. The molecule has 1 aromatic rings. The number of aliphatic imine (C=N–C) groups is 1. The fourth-order valence-electron chi connectivity index (χ4n) is 2.45. The number of rotatable bonds is 4. The number of thiazole rings is 1. The number of nitrogens with one attached hydrogen (secondary N) is 2. The second-order valence-electron chi connectivity index (χ2n) is 5.19. The summed E-state index contributed by atoms with van der Waals surface area (Å²) in [6.45, 7) is 4.92. The van der Waals surface area contributed by atoms with Gasteiger partial charge in [0.25, 0.3) is 0 Å². The highest BCUT2D eigenvalue weighted by atomic mass is 127. The van der Waals surface area contributed by atoms with Crippen molar-refractivity contribution in [1.82, 2.24) is 15.6 Å². The first-order valence-electron chi connectivity index (χ1n) is 7.05. The first-order valence-corrected chi connectivity index (χ1v) is 9.15. The van der Waals surface area contributed by atoms with Crippen molar-refractivity contribution in [2.24, 2.45) is 4.99 Å². The van der Waals surface area contributed by atoms with Crippen LogP contribution < -0.4 is 10.6 Å². The molecule has 21 heavy (non-hydrogen) atoms. The summed E-state index contributed by atoms with van der Waals surface area (Å²) >= 11 is 3.73. The fraction of sp³-hybridized carbons (Fsp3) is 0.714. The Labute approximate surface area is 153 Å². The zero-order valence-electron chi connectivity index (χ0n) is 13.1. The summed E-state index contributed by atoms with van der Waals surface area (Å²) in [5, 5.41) is 8.81. The number of halogens is 1. The lowest BCUT2D eigenvalue weighted by Gasteiger charge is -2.16. The molecule has 0 bridgehead atoms. The summed E-state index contributed by atoms with van der Waals surface area (Å²) in [7, 11) is 1.83. The Hall–Kier alpha value is -0.0200. The Balaban J connectivity index is 0.00000220. The van der Waals surface area contributed by atoms with E-state index in [0.717, 1.165) is 28.5 Å². The van der Waals surface area contributed by atoms with E-state index in [2.05, 4.69) is 40.7 Å². The second kappa shape index (κ2) is 9.19. The van der Waals surface area contributed by atoms with Gasteiger partial charge in [-0.15, -0.1) is 35.3 Å². The second-order valence-corrected chi connectivity index (χ2v) is 7.61. The molecule has 4 nitrogen and oxygen atoms in total. The van der Waals surface area contributed by atoms with Crippen molar-refractivity contribution in [2.75, 3.05) is 13.3 Å². The van der Waals surface area contributed by atoms with E-state index < -0.39 is 0 Å².